The summed E-state index contributed by atoms with van der Waals surface area (Å²) in [5.74, 6) is 0.943. The Kier molecular flexibility index (Phi) is 6.93. The van der Waals surface area contributed by atoms with Crippen LogP contribution in [0.2, 0.25) is 0 Å². The van der Waals surface area contributed by atoms with E-state index in [1.807, 2.05) is 0 Å². The van der Waals surface area contributed by atoms with Gasteiger partial charge in [0.2, 0.25) is 0 Å². The van der Waals surface area contributed by atoms with E-state index in [2.05, 4.69) is 60.8 Å². The highest BCUT2D eigenvalue weighted by Crippen LogP contribution is 2.19. The van der Waals surface area contributed by atoms with Crippen molar-refractivity contribution in [2.24, 2.45) is 0 Å². The van der Waals surface area contributed by atoms with Crippen molar-refractivity contribution in [1.29, 1.82) is 0 Å². The van der Waals surface area contributed by atoms with Crippen LogP contribution in [0.15, 0.2) is 48.5 Å². The molecule has 0 amide bonds. The Morgan fingerprint density at radius 2 is 1.56 bits per heavy atom. The van der Waals surface area contributed by atoms with E-state index in [9.17, 15) is 0 Å². The Hall–Kier alpha value is -1.80. The molecule has 2 nitrogen and oxygen atoms in total. The zero-order valence-electron chi connectivity index (χ0n) is 15.5. The first-order valence-electron chi connectivity index (χ1n) is 9.81. The molecule has 1 N–H and O–H groups in total. The second-order valence-electron chi connectivity index (χ2n) is 7.28. The van der Waals surface area contributed by atoms with Crippen LogP contribution in [0.3, 0.4) is 0 Å². The molecule has 0 aromatic heterocycles. The van der Waals surface area contributed by atoms with E-state index < -0.39 is 0 Å². The molecule has 0 saturated heterocycles. The van der Waals surface area contributed by atoms with E-state index >= 15 is 0 Å². The van der Waals surface area contributed by atoms with Gasteiger partial charge in [0, 0.05) is 12.6 Å². The summed E-state index contributed by atoms with van der Waals surface area (Å²) in [5.41, 5.74) is 3.87. The highest BCUT2D eigenvalue weighted by atomic mass is 16.5. The van der Waals surface area contributed by atoms with Gasteiger partial charge in [-0.25, -0.2) is 0 Å². The molecule has 0 spiro atoms. The third-order valence-electron chi connectivity index (χ3n) is 5.28. The van der Waals surface area contributed by atoms with Crippen LogP contribution in [-0.2, 0) is 13.2 Å². The summed E-state index contributed by atoms with van der Waals surface area (Å²) in [6.07, 6.45) is 9.66. The summed E-state index contributed by atoms with van der Waals surface area (Å²) >= 11 is 0. The van der Waals surface area contributed by atoms with Crippen LogP contribution in [0, 0.1) is 6.92 Å². The fourth-order valence-corrected chi connectivity index (χ4v) is 3.56. The zero-order valence-corrected chi connectivity index (χ0v) is 15.5. The van der Waals surface area contributed by atoms with E-state index in [1.54, 1.807) is 0 Å². The second-order valence-corrected chi connectivity index (χ2v) is 7.28. The number of rotatable bonds is 6. The number of ether oxygens (including phenoxy) is 1. The third-order valence-corrected chi connectivity index (χ3v) is 5.28. The van der Waals surface area contributed by atoms with Crippen molar-refractivity contribution in [3.05, 3.63) is 65.2 Å². The highest BCUT2D eigenvalue weighted by Gasteiger charge is 2.10. The van der Waals surface area contributed by atoms with E-state index in [0.717, 1.165) is 12.3 Å². The van der Waals surface area contributed by atoms with Gasteiger partial charge in [-0.1, -0.05) is 68.5 Å². The maximum absolute atomic E-state index is 5.93. The molecule has 2 heteroatoms. The lowest BCUT2D eigenvalue weighted by atomic mass is 9.96. The Morgan fingerprint density at radius 3 is 2.28 bits per heavy atom. The fraction of sp³-hybridized carbons (Fsp3) is 0.478. The molecule has 3 rings (SSSR count). The molecule has 1 aliphatic carbocycles. The van der Waals surface area contributed by atoms with Crippen molar-refractivity contribution in [2.75, 3.05) is 0 Å². The Labute approximate surface area is 152 Å². The predicted molar refractivity (Wildman–Crippen MR) is 105 cm³/mol. The van der Waals surface area contributed by atoms with Crippen LogP contribution in [0.1, 0.15) is 61.6 Å². The highest BCUT2D eigenvalue weighted by molar-refractivity contribution is 5.29. The molecule has 2 aromatic rings. The van der Waals surface area contributed by atoms with Gasteiger partial charge in [-0.05, 0) is 48.6 Å². The van der Waals surface area contributed by atoms with Crippen LogP contribution in [0.5, 0.6) is 5.75 Å². The molecule has 2 aromatic carbocycles. The summed E-state index contributed by atoms with van der Waals surface area (Å²) in [7, 11) is 0. The van der Waals surface area contributed by atoms with Crippen molar-refractivity contribution in [3.8, 4) is 5.75 Å². The maximum atomic E-state index is 5.93. The largest absolute Gasteiger partial charge is 0.489 e. The zero-order chi connectivity index (χ0) is 17.3. The van der Waals surface area contributed by atoms with Crippen LogP contribution >= 0.6 is 0 Å². The van der Waals surface area contributed by atoms with Gasteiger partial charge < -0.3 is 10.1 Å². The number of hydrogen-bond acceptors (Lipinski definition) is 2. The molecule has 25 heavy (non-hydrogen) atoms. The van der Waals surface area contributed by atoms with Crippen molar-refractivity contribution in [3.63, 3.8) is 0 Å². The summed E-state index contributed by atoms with van der Waals surface area (Å²) < 4.78 is 5.93. The minimum Gasteiger partial charge on any atom is -0.489 e. The summed E-state index contributed by atoms with van der Waals surface area (Å²) in [4.78, 5) is 0. The van der Waals surface area contributed by atoms with Gasteiger partial charge in [0.15, 0.2) is 0 Å². The lowest BCUT2D eigenvalue weighted by Crippen LogP contribution is -2.29. The summed E-state index contributed by atoms with van der Waals surface area (Å²) in [5, 5.41) is 3.75. The van der Waals surface area contributed by atoms with Crippen LogP contribution in [-0.4, -0.2) is 6.04 Å². The smallest absolute Gasteiger partial charge is 0.119 e. The molecule has 0 heterocycles. The lowest BCUT2D eigenvalue weighted by molar-refractivity contribution is 0.305. The van der Waals surface area contributed by atoms with Crippen LogP contribution < -0.4 is 10.1 Å². The number of hydrogen-bond donors (Lipinski definition) is 1. The molecular formula is C23H31NO. The van der Waals surface area contributed by atoms with Gasteiger partial charge in [0.05, 0.1) is 0 Å². The van der Waals surface area contributed by atoms with Gasteiger partial charge in [-0.3, -0.25) is 0 Å². The van der Waals surface area contributed by atoms with Crippen LogP contribution in [0.25, 0.3) is 0 Å². The first kappa shape index (κ1) is 18.0. The molecule has 1 saturated carbocycles. The molecular weight excluding hydrogens is 306 g/mol. The molecule has 0 aliphatic heterocycles. The Balaban J connectivity index is 1.46. The van der Waals surface area contributed by atoms with Gasteiger partial charge in [0.1, 0.15) is 12.4 Å². The monoisotopic (exact) mass is 337 g/mol. The first-order chi connectivity index (χ1) is 12.3. The fourth-order valence-electron chi connectivity index (χ4n) is 3.56. The Morgan fingerprint density at radius 1 is 0.880 bits per heavy atom. The standard InChI is InChI=1S/C23H31NO/c1-19-9-7-8-10-21(19)18-25-23-15-13-20(14-16-23)17-24-22-11-5-3-2-4-6-12-22/h7-10,13-16,22,24H,2-6,11-12,17-18H2,1H3. The molecule has 0 unspecified atom stereocenters. The molecule has 134 valence electrons. The SMILES string of the molecule is Cc1ccccc1COc1ccc(CNC2CCCCCCC2)cc1. The van der Waals surface area contributed by atoms with E-state index in [4.69, 9.17) is 4.74 Å². The lowest BCUT2D eigenvalue weighted by Gasteiger charge is -2.21. The predicted octanol–water partition coefficient (Wildman–Crippen LogP) is 5.78. The van der Waals surface area contributed by atoms with Gasteiger partial charge in [0.25, 0.3) is 0 Å². The normalized spacial score (nSPS) is 16.2. The van der Waals surface area contributed by atoms with Gasteiger partial charge in [-0.15, -0.1) is 0 Å². The average Bonchev–Trinajstić information content (AvgIpc) is 2.61. The number of aryl methyl sites for hydroxylation is 1. The minimum atomic E-state index is 0.631. The number of benzene rings is 2. The summed E-state index contributed by atoms with van der Waals surface area (Å²) in [6.45, 7) is 3.72. The van der Waals surface area contributed by atoms with Gasteiger partial charge in [-0.2, -0.15) is 0 Å². The van der Waals surface area contributed by atoms with Crippen molar-refractivity contribution < 1.29 is 4.74 Å². The van der Waals surface area contributed by atoms with Gasteiger partial charge >= 0.3 is 0 Å². The maximum Gasteiger partial charge on any atom is 0.119 e. The molecule has 0 bridgehead atoms. The average molecular weight is 338 g/mol. The second kappa shape index (κ2) is 9.62. The topological polar surface area (TPSA) is 21.3 Å². The minimum absolute atomic E-state index is 0.631. The van der Waals surface area contributed by atoms with E-state index in [0.29, 0.717) is 12.6 Å². The van der Waals surface area contributed by atoms with Crippen molar-refractivity contribution in [2.45, 2.75) is 71.1 Å². The molecule has 1 aliphatic rings. The molecule has 0 radical (unpaired) electrons. The first-order valence-corrected chi connectivity index (χ1v) is 9.81. The van der Waals surface area contributed by atoms with E-state index in [1.165, 1.54) is 61.6 Å². The number of nitrogens with one attached hydrogen (secondary N) is 1. The molecule has 1 fully saturated rings. The van der Waals surface area contributed by atoms with Crippen molar-refractivity contribution >= 4 is 0 Å². The summed E-state index contributed by atoms with van der Waals surface area (Å²) in [6, 6.07) is 17.6. The molecule has 0 atom stereocenters. The van der Waals surface area contributed by atoms with Crippen molar-refractivity contribution in [1.82, 2.24) is 5.32 Å². The van der Waals surface area contributed by atoms with Crippen LogP contribution in [0.4, 0.5) is 0 Å². The quantitative estimate of drug-likeness (QED) is 0.722. The Bertz CT molecular complexity index is 627. The third kappa shape index (κ3) is 5.89. The van der Waals surface area contributed by atoms with E-state index in [-0.39, 0.29) is 0 Å².